The summed E-state index contributed by atoms with van der Waals surface area (Å²) in [4.78, 5) is 12.4. The molecule has 0 spiro atoms. The van der Waals surface area contributed by atoms with E-state index in [4.69, 9.17) is 48.0 Å². The first-order valence-corrected chi connectivity index (χ1v) is 8.88. The molecule has 0 aliphatic rings. The molecule has 0 saturated heterocycles. The molecule has 0 unspecified atom stereocenters. The van der Waals surface area contributed by atoms with Crippen molar-refractivity contribution in [3.05, 3.63) is 62.6 Å². The Morgan fingerprint density at radius 3 is 2.70 bits per heavy atom. The van der Waals surface area contributed by atoms with Gasteiger partial charge in [-0.25, -0.2) is 4.98 Å². The van der Waals surface area contributed by atoms with Crippen LogP contribution in [0.4, 0.5) is 0 Å². The van der Waals surface area contributed by atoms with Crippen molar-refractivity contribution in [3.8, 4) is 0 Å². The zero-order valence-electron chi connectivity index (χ0n) is 14.8. The first kappa shape index (κ1) is 22.8. The zero-order chi connectivity index (χ0) is 20.1. The summed E-state index contributed by atoms with van der Waals surface area (Å²) in [5.41, 5.74) is 0.776. The lowest BCUT2D eigenvalue weighted by molar-refractivity contribution is -0.742. The molecule has 0 atom stereocenters. The van der Waals surface area contributed by atoms with Gasteiger partial charge in [-0.15, -0.1) is 10.1 Å². The number of unbranched alkanes of at least 4 members (excludes halogenated alkanes) is 1. The van der Waals surface area contributed by atoms with Crippen LogP contribution in [-0.4, -0.2) is 39.7 Å². The SMILES string of the molecule is CCCCOCCOC(=Cn1ccnc1)c1ccc(Cl)cc1Cl.O=[N+]([O-])O. The fourth-order valence-electron chi connectivity index (χ4n) is 1.91. The summed E-state index contributed by atoms with van der Waals surface area (Å²) in [6.07, 6.45) is 9.21. The minimum Gasteiger partial charge on any atom is -0.489 e. The van der Waals surface area contributed by atoms with Gasteiger partial charge in [0.15, 0.2) is 0 Å². The predicted octanol–water partition coefficient (Wildman–Crippen LogP) is 4.63. The minimum atomic E-state index is -1.50. The molecule has 0 amide bonds. The fourth-order valence-corrected chi connectivity index (χ4v) is 2.42. The molecule has 1 heterocycles. The number of aromatic nitrogens is 2. The van der Waals surface area contributed by atoms with Crippen LogP contribution in [0.15, 0.2) is 36.9 Å². The molecule has 0 bridgehead atoms. The lowest BCUT2D eigenvalue weighted by Crippen LogP contribution is -2.05. The van der Waals surface area contributed by atoms with E-state index in [-0.39, 0.29) is 0 Å². The van der Waals surface area contributed by atoms with E-state index in [1.54, 1.807) is 29.2 Å². The van der Waals surface area contributed by atoms with Gasteiger partial charge in [-0.05, 0) is 24.6 Å². The van der Waals surface area contributed by atoms with Gasteiger partial charge in [0.2, 0.25) is 0 Å². The van der Waals surface area contributed by atoms with Gasteiger partial charge in [0.05, 0.1) is 24.2 Å². The van der Waals surface area contributed by atoms with Crippen molar-refractivity contribution in [1.82, 2.24) is 9.55 Å². The molecular weight excluding hydrogens is 397 g/mol. The van der Waals surface area contributed by atoms with Gasteiger partial charge in [0, 0.05) is 29.6 Å². The highest BCUT2D eigenvalue weighted by Crippen LogP contribution is 2.28. The summed E-state index contributed by atoms with van der Waals surface area (Å²) in [7, 11) is 0. The van der Waals surface area contributed by atoms with E-state index < -0.39 is 5.09 Å². The Kier molecular flexibility index (Phi) is 10.9. The monoisotopic (exact) mass is 417 g/mol. The van der Waals surface area contributed by atoms with Gasteiger partial charge < -0.3 is 19.2 Å². The van der Waals surface area contributed by atoms with Gasteiger partial charge >= 0.3 is 0 Å². The second-order valence-corrected chi connectivity index (χ2v) is 6.02. The van der Waals surface area contributed by atoms with Crippen LogP contribution in [0.3, 0.4) is 0 Å². The average Bonchev–Trinajstić information content (AvgIpc) is 3.10. The van der Waals surface area contributed by atoms with E-state index in [0.29, 0.717) is 29.0 Å². The van der Waals surface area contributed by atoms with Crippen LogP contribution in [0, 0.1) is 10.1 Å². The van der Waals surface area contributed by atoms with E-state index >= 15 is 0 Å². The number of nitrogens with zero attached hydrogens (tertiary/aromatic N) is 3. The standard InChI is InChI=1S/C17H20Cl2N2O2.HNO3/c1-2-3-8-22-9-10-23-17(12-21-7-6-20-13-21)15-5-4-14(18)11-16(15)19;2-1(3)4/h4-7,11-13H,2-3,8-10H2,1H3;(H,2,3,4). The molecule has 1 aromatic heterocycles. The lowest BCUT2D eigenvalue weighted by Gasteiger charge is -2.13. The Labute approximate surface area is 167 Å². The summed E-state index contributed by atoms with van der Waals surface area (Å²) in [5.74, 6) is 0.642. The maximum atomic E-state index is 8.36. The van der Waals surface area contributed by atoms with Crippen molar-refractivity contribution in [3.63, 3.8) is 0 Å². The normalized spacial score (nSPS) is 10.9. The largest absolute Gasteiger partial charge is 0.489 e. The topological polar surface area (TPSA) is 99.7 Å². The van der Waals surface area contributed by atoms with Crippen LogP contribution in [0.5, 0.6) is 0 Å². The Balaban J connectivity index is 0.000000828. The molecule has 0 fully saturated rings. The number of imidazole rings is 1. The quantitative estimate of drug-likeness (QED) is 0.276. The van der Waals surface area contributed by atoms with Gasteiger partial charge in [-0.1, -0.05) is 36.5 Å². The van der Waals surface area contributed by atoms with Crippen LogP contribution in [0.2, 0.25) is 10.0 Å². The third-order valence-electron chi connectivity index (χ3n) is 3.12. The van der Waals surface area contributed by atoms with Crippen LogP contribution >= 0.6 is 23.2 Å². The number of rotatable bonds is 9. The molecule has 1 N–H and O–H groups in total. The minimum absolute atomic E-state index is 0.448. The molecular formula is C17H21Cl2N3O5. The lowest BCUT2D eigenvalue weighted by atomic mass is 10.2. The van der Waals surface area contributed by atoms with E-state index in [1.807, 2.05) is 18.5 Å². The second kappa shape index (κ2) is 13.0. The maximum absolute atomic E-state index is 8.36. The van der Waals surface area contributed by atoms with Crippen molar-refractivity contribution < 1.29 is 19.8 Å². The average molecular weight is 418 g/mol. The number of hydrogen-bond donors (Lipinski definition) is 1. The van der Waals surface area contributed by atoms with E-state index in [0.717, 1.165) is 25.0 Å². The van der Waals surface area contributed by atoms with Crippen LogP contribution in [-0.2, 0) is 9.47 Å². The predicted molar refractivity (Wildman–Crippen MR) is 103 cm³/mol. The molecule has 0 radical (unpaired) electrons. The van der Waals surface area contributed by atoms with E-state index in [2.05, 4.69) is 11.9 Å². The molecule has 2 rings (SSSR count). The Morgan fingerprint density at radius 2 is 2.11 bits per heavy atom. The van der Waals surface area contributed by atoms with Gasteiger partial charge in [0.25, 0.3) is 5.09 Å². The molecule has 148 valence electrons. The van der Waals surface area contributed by atoms with Gasteiger partial charge in [0.1, 0.15) is 12.4 Å². The smallest absolute Gasteiger partial charge is 0.291 e. The second-order valence-electron chi connectivity index (χ2n) is 5.18. The number of ether oxygens (including phenoxy) is 2. The molecule has 27 heavy (non-hydrogen) atoms. The van der Waals surface area contributed by atoms with Crippen molar-refractivity contribution in [2.45, 2.75) is 19.8 Å². The highest BCUT2D eigenvalue weighted by Gasteiger charge is 2.09. The molecule has 2 aromatic rings. The number of benzene rings is 1. The van der Waals surface area contributed by atoms with Crippen LogP contribution in [0.1, 0.15) is 25.3 Å². The van der Waals surface area contributed by atoms with Gasteiger partial charge in [-0.2, -0.15) is 0 Å². The summed E-state index contributed by atoms with van der Waals surface area (Å²) in [5, 5.41) is 14.8. The van der Waals surface area contributed by atoms with Crippen molar-refractivity contribution >= 4 is 35.2 Å². The highest BCUT2D eigenvalue weighted by molar-refractivity contribution is 6.35. The number of hydrogen-bond acceptors (Lipinski definition) is 5. The fraction of sp³-hybridized carbons (Fsp3) is 0.353. The summed E-state index contributed by atoms with van der Waals surface area (Å²) >= 11 is 12.2. The highest BCUT2D eigenvalue weighted by atomic mass is 35.5. The molecule has 0 saturated carbocycles. The summed E-state index contributed by atoms with van der Waals surface area (Å²) < 4.78 is 13.2. The zero-order valence-corrected chi connectivity index (χ0v) is 16.3. The number of halogens is 2. The Morgan fingerprint density at radius 1 is 1.37 bits per heavy atom. The Bertz CT molecular complexity index is 719. The van der Waals surface area contributed by atoms with Crippen LogP contribution in [0.25, 0.3) is 12.0 Å². The van der Waals surface area contributed by atoms with E-state index in [1.165, 1.54) is 0 Å². The molecule has 8 nitrogen and oxygen atoms in total. The summed E-state index contributed by atoms with van der Waals surface area (Å²) in [6, 6.07) is 5.32. The van der Waals surface area contributed by atoms with Crippen LogP contribution < -0.4 is 0 Å². The van der Waals surface area contributed by atoms with Crippen molar-refractivity contribution in [2.75, 3.05) is 19.8 Å². The van der Waals surface area contributed by atoms with Crippen molar-refractivity contribution in [1.29, 1.82) is 0 Å². The molecule has 1 aromatic carbocycles. The summed E-state index contributed by atoms with van der Waals surface area (Å²) in [6.45, 7) is 3.87. The first-order chi connectivity index (χ1) is 12.9. The van der Waals surface area contributed by atoms with E-state index in [9.17, 15) is 0 Å². The maximum Gasteiger partial charge on any atom is 0.291 e. The van der Waals surface area contributed by atoms with Gasteiger partial charge in [-0.3, -0.25) is 0 Å². The first-order valence-electron chi connectivity index (χ1n) is 8.12. The molecule has 0 aliphatic carbocycles. The third-order valence-corrected chi connectivity index (χ3v) is 3.66. The Hall–Kier alpha value is -2.29. The third kappa shape index (κ3) is 9.83. The molecule has 10 heteroatoms. The molecule has 0 aliphatic heterocycles. The van der Waals surface area contributed by atoms with Crippen molar-refractivity contribution in [2.24, 2.45) is 0 Å².